The van der Waals surface area contributed by atoms with Crippen molar-refractivity contribution >= 4 is 21.7 Å². The van der Waals surface area contributed by atoms with Crippen LogP contribution in [0.5, 0.6) is 5.75 Å². The molecule has 2 heteroatoms. The number of pyridine rings is 1. The van der Waals surface area contributed by atoms with Crippen molar-refractivity contribution < 1.29 is 5.11 Å². The molecule has 0 saturated heterocycles. The number of rotatable bonds is 1. The van der Waals surface area contributed by atoms with E-state index in [1.807, 2.05) is 18.2 Å². The minimum atomic E-state index is 0.341. The summed E-state index contributed by atoms with van der Waals surface area (Å²) in [7, 11) is 0. The van der Waals surface area contributed by atoms with E-state index in [1.54, 1.807) is 6.07 Å². The van der Waals surface area contributed by atoms with Crippen molar-refractivity contribution in [2.75, 3.05) is 0 Å². The van der Waals surface area contributed by atoms with Gasteiger partial charge in [0.2, 0.25) is 0 Å². The highest BCUT2D eigenvalue weighted by Crippen LogP contribution is 2.43. The molecule has 128 valence electrons. The number of phenolic OH excluding ortho intramolecular Hbond substituents is 1. The molecule has 0 radical (unpaired) electrons. The molecule has 0 aliphatic heterocycles. The molecule has 0 bridgehead atoms. The molecule has 0 amide bonds. The Morgan fingerprint density at radius 3 is 2.65 bits per heavy atom. The zero-order chi connectivity index (χ0) is 17.7. The van der Waals surface area contributed by atoms with Crippen molar-refractivity contribution in [2.45, 2.75) is 26.2 Å². The number of nitrogens with zero attached hydrogens (tertiary/aromatic N) is 1. The first-order valence-corrected chi connectivity index (χ1v) is 9.34. The zero-order valence-electron chi connectivity index (χ0n) is 14.9. The van der Waals surface area contributed by atoms with Crippen LogP contribution in [0.2, 0.25) is 0 Å². The largest absolute Gasteiger partial charge is 0.507 e. The highest BCUT2D eigenvalue weighted by atomic mass is 16.3. The molecule has 0 fully saturated rings. The van der Waals surface area contributed by atoms with Crippen LogP contribution in [0.3, 0.4) is 0 Å². The van der Waals surface area contributed by atoms with E-state index in [1.165, 1.54) is 34.0 Å². The molecule has 1 atom stereocenters. The molecule has 1 heterocycles. The molecule has 3 aromatic carbocycles. The van der Waals surface area contributed by atoms with E-state index in [2.05, 4.69) is 43.3 Å². The van der Waals surface area contributed by atoms with Crippen molar-refractivity contribution in [3.05, 3.63) is 71.9 Å². The Hall–Kier alpha value is -2.87. The maximum absolute atomic E-state index is 10.6. The van der Waals surface area contributed by atoms with Crippen molar-refractivity contribution in [3.8, 4) is 16.9 Å². The average Bonchev–Trinajstić information content (AvgIpc) is 2.66. The minimum absolute atomic E-state index is 0.341. The molecular weight excluding hydrogens is 318 g/mol. The monoisotopic (exact) mass is 339 g/mol. The van der Waals surface area contributed by atoms with Crippen LogP contribution >= 0.6 is 0 Å². The normalized spacial score (nSPS) is 16.7. The first-order chi connectivity index (χ1) is 12.7. The first-order valence-electron chi connectivity index (χ1n) is 9.34. The predicted molar refractivity (Wildman–Crippen MR) is 108 cm³/mol. The smallest absolute Gasteiger partial charge is 0.123 e. The molecule has 0 unspecified atom stereocenters. The summed E-state index contributed by atoms with van der Waals surface area (Å²) in [6, 6.07) is 20.4. The van der Waals surface area contributed by atoms with Crippen LogP contribution in [-0.2, 0) is 12.8 Å². The van der Waals surface area contributed by atoms with Crippen LogP contribution < -0.4 is 0 Å². The number of benzene rings is 3. The summed E-state index contributed by atoms with van der Waals surface area (Å²) in [6.45, 7) is 2.30. The van der Waals surface area contributed by atoms with Crippen LogP contribution in [0.15, 0.2) is 60.7 Å². The van der Waals surface area contributed by atoms with Gasteiger partial charge in [-0.2, -0.15) is 0 Å². The van der Waals surface area contributed by atoms with Gasteiger partial charge in [-0.05, 0) is 53.6 Å². The fourth-order valence-corrected chi connectivity index (χ4v) is 4.37. The molecule has 0 saturated carbocycles. The van der Waals surface area contributed by atoms with Gasteiger partial charge in [0, 0.05) is 22.2 Å². The fraction of sp³-hybridized carbons (Fsp3) is 0.208. The van der Waals surface area contributed by atoms with Gasteiger partial charge in [-0.1, -0.05) is 55.5 Å². The Morgan fingerprint density at radius 2 is 1.77 bits per heavy atom. The van der Waals surface area contributed by atoms with Crippen molar-refractivity contribution in [2.24, 2.45) is 5.92 Å². The third-order valence-electron chi connectivity index (χ3n) is 5.66. The quantitative estimate of drug-likeness (QED) is 0.439. The second-order valence-electron chi connectivity index (χ2n) is 7.46. The molecule has 2 nitrogen and oxygen atoms in total. The first kappa shape index (κ1) is 15.4. The van der Waals surface area contributed by atoms with E-state index >= 15 is 0 Å². The number of hydrogen-bond acceptors (Lipinski definition) is 2. The van der Waals surface area contributed by atoms with E-state index in [0.29, 0.717) is 11.7 Å². The van der Waals surface area contributed by atoms with Crippen molar-refractivity contribution in [3.63, 3.8) is 0 Å². The van der Waals surface area contributed by atoms with Crippen molar-refractivity contribution in [1.29, 1.82) is 0 Å². The van der Waals surface area contributed by atoms with Crippen LogP contribution in [0.4, 0.5) is 0 Å². The molecule has 5 rings (SSSR count). The Labute approximate surface area is 153 Å². The van der Waals surface area contributed by atoms with Gasteiger partial charge in [0.1, 0.15) is 5.75 Å². The summed E-state index contributed by atoms with van der Waals surface area (Å²) in [5.41, 5.74) is 5.63. The van der Waals surface area contributed by atoms with E-state index in [4.69, 9.17) is 4.98 Å². The van der Waals surface area contributed by atoms with Crippen LogP contribution in [-0.4, -0.2) is 10.1 Å². The molecule has 1 aromatic heterocycles. The lowest BCUT2D eigenvalue weighted by atomic mass is 9.82. The minimum Gasteiger partial charge on any atom is -0.507 e. The second-order valence-corrected chi connectivity index (χ2v) is 7.46. The summed E-state index contributed by atoms with van der Waals surface area (Å²) >= 11 is 0. The topological polar surface area (TPSA) is 33.1 Å². The third kappa shape index (κ3) is 2.29. The highest BCUT2D eigenvalue weighted by molar-refractivity contribution is 6.14. The van der Waals surface area contributed by atoms with Crippen LogP contribution in [0.25, 0.3) is 32.8 Å². The van der Waals surface area contributed by atoms with Crippen LogP contribution in [0, 0.1) is 5.92 Å². The van der Waals surface area contributed by atoms with Gasteiger partial charge in [-0.25, -0.2) is 0 Å². The lowest BCUT2D eigenvalue weighted by molar-refractivity contribution is 0.476. The zero-order valence-corrected chi connectivity index (χ0v) is 14.9. The summed E-state index contributed by atoms with van der Waals surface area (Å²) in [6.07, 6.45) is 3.20. The van der Waals surface area contributed by atoms with E-state index in [0.717, 1.165) is 29.3 Å². The average molecular weight is 339 g/mol. The van der Waals surface area contributed by atoms with E-state index < -0.39 is 0 Å². The molecule has 1 aliphatic carbocycles. The maximum atomic E-state index is 10.6. The maximum Gasteiger partial charge on any atom is 0.123 e. The molecule has 0 spiro atoms. The Morgan fingerprint density at radius 1 is 0.962 bits per heavy atom. The number of hydrogen-bond donors (Lipinski definition) is 1. The van der Waals surface area contributed by atoms with Gasteiger partial charge in [-0.3, -0.25) is 4.98 Å². The van der Waals surface area contributed by atoms with E-state index in [-0.39, 0.29) is 0 Å². The van der Waals surface area contributed by atoms with Gasteiger partial charge in [0.05, 0.1) is 5.52 Å². The summed E-state index contributed by atoms with van der Waals surface area (Å²) < 4.78 is 0. The standard InChI is InChI=1S/C24H21NO/c1-15-10-12-18-21(14-15)25-20-13-11-16-6-2-3-7-17(16)24(20)23(18)19-8-4-5-9-22(19)26/h2-9,11,13,15,26H,10,12,14H2,1H3/t15-/m1/s1. The van der Waals surface area contributed by atoms with Gasteiger partial charge < -0.3 is 5.11 Å². The number of aromatic hydroxyl groups is 1. The summed E-state index contributed by atoms with van der Waals surface area (Å²) in [5.74, 6) is 0.999. The van der Waals surface area contributed by atoms with Gasteiger partial charge >= 0.3 is 0 Å². The number of fused-ring (bicyclic) bond motifs is 4. The summed E-state index contributed by atoms with van der Waals surface area (Å²) in [5, 5.41) is 14.2. The number of aromatic nitrogens is 1. The SMILES string of the molecule is C[C@@H]1CCc2c(nc3ccc4ccccc4c3c2-c2ccccc2O)C1. The Balaban J connectivity index is 1.99. The molecule has 4 aromatic rings. The third-order valence-corrected chi connectivity index (χ3v) is 5.66. The fourth-order valence-electron chi connectivity index (χ4n) is 4.37. The van der Waals surface area contributed by atoms with Gasteiger partial charge in [0.15, 0.2) is 0 Å². The predicted octanol–water partition coefficient (Wildman–Crippen LogP) is 5.89. The lowest BCUT2D eigenvalue weighted by Gasteiger charge is -2.25. The summed E-state index contributed by atoms with van der Waals surface area (Å²) in [4.78, 5) is 5.05. The van der Waals surface area contributed by atoms with Crippen molar-refractivity contribution in [1.82, 2.24) is 4.98 Å². The molecule has 26 heavy (non-hydrogen) atoms. The van der Waals surface area contributed by atoms with E-state index in [9.17, 15) is 5.11 Å². The Kier molecular flexibility index (Phi) is 3.46. The second kappa shape index (κ2) is 5.84. The Bertz CT molecular complexity index is 1150. The van der Waals surface area contributed by atoms with Gasteiger partial charge in [-0.15, -0.1) is 0 Å². The molecule has 1 aliphatic rings. The number of para-hydroxylation sites is 1. The van der Waals surface area contributed by atoms with Crippen LogP contribution in [0.1, 0.15) is 24.6 Å². The van der Waals surface area contributed by atoms with Gasteiger partial charge in [0.25, 0.3) is 0 Å². The molecule has 1 N–H and O–H groups in total. The number of phenols is 1. The lowest BCUT2D eigenvalue weighted by Crippen LogP contribution is -2.14. The molecular formula is C24H21NO. The highest BCUT2D eigenvalue weighted by Gasteiger charge is 2.24.